The maximum absolute atomic E-state index is 12.3. The second kappa shape index (κ2) is 5.61. The van der Waals surface area contributed by atoms with E-state index in [1.165, 1.54) is 12.1 Å². The Morgan fingerprint density at radius 2 is 1.94 bits per heavy atom. The average molecular weight is 262 g/mol. The average Bonchev–Trinajstić information content (AvgIpc) is 2.23. The summed E-state index contributed by atoms with van der Waals surface area (Å²) in [6, 6.07) is 6.14. The third kappa shape index (κ3) is 4.56. The van der Waals surface area contributed by atoms with Crippen LogP contribution in [0.15, 0.2) is 24.3 Å². The van der Waals surface area contributed by atoms with Crippen LogP contribution in [-0.4, -0.2) is 17.9 Å². The van der Waals surface area contributed by atoms with E-state index in [9.17, 15) is 18.3 Å². The van der Waals surface area contributed by atoms with E-state index in [2.05, 4.69) is 0 Å². The Hall–Kier alpha value is -1.23. The summed E-state index contributed by atoms with van der Waals surface area (Å²) in [4.78, 5) is 0. The summed E-state index contributed by atoms with van der Waals surface area (Å²) in [7, 11) is 0. The fourth-order valence-corrected chi connectivity index (χ4v) is 1.63. The van der Waals surface area contributed by atoms with Crippen LogP contribution in [-0.2, 0) is 5.60 Å². The van der Waals surface area contributed by atoms with E-state index < -0.39 is 18.2 Å². The molecule has 0 aliphatic carbocycles. The number of rotatable bonds is 5. The van der Waals surface area contributed by atoms with Crippen LogP contribution in [0.1, 0.15) is 32.3 Å². The molecule has 0 saturated carbocycles. The number of benzene rings is 1. The number of halogens is 3. The lowest BCUT2D eigenvalue weighted by Crippen LogP contribution is -2.28. The number of hydrogen-bond acceptors (Lipinski definition) is 2. The largest absolute Gasteiger partial charge is 0.494 e. The zero-order valence-corrected chi connectivity index (χ0v) is 10.4. The van der Waals surface area contributed by atoms with Gasteiger partial charge in [0, 0.05) is 0 Å². The van der Waals surface area contributed by atoms with E-state index in [0.717, 1.165) is 13.3 Å². The molecule has 0 bridgehead atoms. The van der Waals surface area contributed by atoms with Gasteiger partial charge in [0.2, 0.25) is 0 Å². The maximum atomic E-state index is 12.3. The van der Waals surface area contributed by atoms with Gasteiger partial charge in [-0.05, 0) is 31.0 Å². The second-order valence-corrected chi connectivity index (χ2v) is 4.44. The van der Waals surface area contributed by atoms with Crippen LogP contribution in [0, 0.1) is 0 Å². The number of alkyl halides is 3. The third-order valence-corrected chi connectivity index (χ3v) is 2.47. The molecule has 5 heteroatoms. The van der Waals surface area contributed by atoms with Crippen LogP contribution in [0.25, 0.3) is 0 Å². The number of aliphatic hydroxyl groups is 1. The van der Waals surface area contributed by atoms with Crippen molar-refractivity contribution < 1.29 is 23.0 Å². The highest BCUT2D eigenvalue weighted by molar-refractivity contribution is 5.32. The molecular formula is C13H17F3O2. The molecule has 0 radical (unpaired) electrons. The molecule has 0 saturated heterocycles. The minimum atomic E-state index is -4.41. The molecular weight excluding hydrogens is 245 g/mol. The topological polar surface area (TPSA) is 29.5 Å². The van der Waals surface area contributed by atoms with Crippen LogP contribution in [0.5, 0.6) is 5.75 Å². The summed E-state index contributed by atoms with van der Waals surface area (Å²) in [5, 5.41) is 9.90. The summed E-state index contributed by atoms with van der Waals surface area (Å²) in [6.07, 6.45) is -4.88. The predicted molar refractivity (Wildman–Crippen MR) is 62.5 cm³/mol. The fourth-order valence-electron chi connectivity index (χ4n) is 1.63. The predicted octanol–water partition coefficient (Wildman–Crippen LogP) is 3.64. The van der Waals surface area contributed by atoms with Gasteiger partial charge in [-0.25, -0.2) is 0 Å². The van der Waals surface area contributed by atoms with Gasteiger partial charge in [-0.1, -0.05) is 19.1 Å². The first kappa shape index (κ1) is 14.8. The highest BCUT2D eigenvalue weighted by Crippen LogP contribution is 2.35. The molecule has 1 unspecified atom stereocenters. The Morgan fingerprint density at radius 1 is 1.28 bits per heavy atom. The molecule has 0 spiro atoms. The standard InChI is InChI=1S/C13H17F3O2/c1-3-7-18-11-6-4-5-10(8-11)12(2,17)9-13(14,15)16/h4-6,8,17H,3,7,9H2,1-2H3. The lowest BCUT2D eigenvalue weighted by Gasteiger charge is -2.25. The van der Waals surface area contributed by atoms with Gasteiger partial charge in [-0.2, -0.15) is 13.2 Å². The molecule has 18 heavy (non-hydrogen) atoms. The molecule has 0 amide bonds. The summed E-state index contributed by atoms with van der Waals surface area (Å²) in [5.41, 5.74) is -1.74. The Kier molecular flexibility index (Phi) is 4.62. The molecule has 1 aromatic carbocycles. The van der Waals surface area contributed by atoms with Crippen molar-refractivity contribution in [3.8, 4) is 5.75 Å². The van der Waals surface area contributed by atoms with E-state index in [1.807, 2.05) is 6.92 Å². The van der Waals surface area contributed by atoms with Gasteiger partial charge in [0.1, 0.15) is 5.75 Å². The molecule has 0 fully saturated rings. The van der Waals surface area contributed by atoms with Gasteiger partial charge in [-0.15, -0.1) is 0 Å². The van der Waals surface area contributed by atoms with E-state index in [1.54, 1.807) is 12.1 Å². The first-order valence-electron chi connectivity index (χ1n) is 5.77. The summed E-state index contributed by atoms with van der Waals surface area (Å²) < 4.78 is 42.4. The van der Waals surface area contributed by atoms with Crippen LogP contribution in [0.2, 0.25) is 0 Å². The second-order valence-electron chi connectivity index (χ2n) is 4.44. The van der Waals surface area contributed by atoms with Crippen LogP contribution in [0.3, 0.4) is 0 Å². The van der Waals surface area contributed by atoms with Crippen molar-refractivity contribution in [1.29, 1.82) is 0 Å². The molecule has 2 nitrogen and oxygen atoms in total. The van der Waals surface area contributed by atoms with Crippen molar-refractivity contribution in [3.63, 3.8) is 0 Å². The smallest absolute Gasteiger partial charge is 0.392 e. The Morgan fingerprint density at radius 3 is 2.50 bits per heavy atom. The van der Waals surface area contributed by atoms with Crippen molar-refractivity contribution in [2.75, 3.05) is 6.61 Å². The van der Waals surface area contributed by atoms with E-state index in [-0.39, 0.29) is 5.56 Å². The quantitative estimate of drug-likeness (QED) is 0.878. The van der Waals surface area contributed by atoms with Crippen molar-refractivity contribution in [2.24, 2.45) is 0 Å². The molecule has 1 N–H and O–H groups in total. The third-order valence-electron chi connectivity index (χ3n) is 2.47. The Labute approximate surface area is 104 Å². The van der Waals surface area contributed by atoms with E-state index >= 15 is 0 Å². The van der Waals surface area contributed by atoms with Crippen molar-refractivity contribution >= 4 is 0 Å². The van der Waals surface area contributed by atoms with Crippen molar-refractivity contribution in [2.45, 2.75) is 38.5 Å². The van der Waals surface area contributed by atoms with Crippen molar-refractivity contribution in [1.82, 2.24) is 0 Å². The van der Waals surface area contributed by atoms with E-state index in [0.29, 0.717) is 12.4 Å². The van der Waals surface area contributed by atoms with Crippen LogP contribution < -0.4 is 4.74 Å². The highest BCUT2D eigenvalue weighted by atomic mass is 19.4. The summed E-state index contributed by atoms with van der Waals surface area (Å²) >= 11 is 0. The normalized spacial score (nSPS) is 15.2. The van der Waals surface area contributed by atoms with Gasteiger partial charge in [0.15, 0.2) is 0 Å². The van der Waals surface area contributed by atoms with Crippen molar-refractivity contribution in [3.05, 3.63) is 29.8 Å². The molecule has 1 rings (SSSR count). The summed E-state index contributed by atoms with van der Waals surface area (Å²) in [5.74, 6) is 0.469. The number of ether oxygens (including phenoxy) is 1. The maximum Gasteiger partial charge on any atom is 0.392 e. The molecule has 1 aromatic rings. The molecule has 1 atom stereocenters. The zero-order valence-electron chi connectivity index (χ0n) is 10.4. The van der Waals surface area contributed by atoms with Crippen LogP contribution in [0.4, 0.5) is 13.2 Å². The zero-order chi connectivity index (χ0) is 13.8. The first-order chi connectivity index (χ1) is 8.24. The lowest BCUT2D eigenvalue weighted by atomic mass is 9.92. The fraction of sp³-hybridized carbons (Fsp3) is 0.538. The molecule has 102 valence electrons. The minimum absolute atomic E-state index is 0.202. The van der Waals surface area contributed by atoms with Gasteiger partial charge in [0.05, 0.1) is 18.6 Å². The van der Waals surface area contributed by atoms with Gasteiger partial charge in [0.25, 0.3) is 0 Å². The molecule has 0 aromatic heterocycles. The first-order valence-corrected chi connectivity index (χ1v) is 5.77. The lowest BCUT2D eigenvalue weighted by molar-refractivity contribution is -0.174. The van der Waals surface area contributed by atoms with Gasteiger partial charge < -0.3 is 9.84 Å². The van der Waals surface area contributed by atoms with E-state index in [4.69, 9.17) is 4.74 Å². The van der Waals surface area contributed by atoms with Gasteiger partial charge in [-0.3, -0.25) is 0 Å². The Bertz CT molecular complexity index is 386. The molecule has 0 aliphatic heterocycles. The molecule has 0 aliphatic rings. The summed E-state index contributed by atoms with van der Waals surface area (Å²) in [6.45, 7) is 3.58. The molecule has 0 heterocycles. The Balaban J connectivity index is 2.87. The minimum Gasteiger partial charge on any atom is -0.494 e. The SMILES string of the molecule is CCCOc1cccc(C(C)(O)CC(F)(F)F)c1. The van der Waals surface area contributed by atoms with Gasteiger partial charge >= 0.3 is 6.18 Å². The highest BCUT2D eigenvalue weighted by Gasteiger charge is 2.39. The monoisotopic (exact) mass is 262 g/mol. The van der Waals surface area contributed by atoms with Crippen LogP contribution >= 0.6 is 0 Å². The number of hydrogen-bond donors (Lipinski definition) is 1.